The highest BCUT2D eigenvalue weighted by Gasteiger charge is 2.48. The molecule has 0 aromatic rings. The van der Waals surface area contributed by atoms with Gasteiger partial charge >= 0.3 is 0 Å². The maximum absolute atomic E-state index is 11.7. The first-order chi connectivity index (χ1) is 9.82. The molecule has 2 rings (SSSR count). The molecular weight excluding hydrogens is 316 g/mol. The lowest BCUT2D eigenvalue weighted by Gasteiger charge is -2.22. The zero-order chi connectivity index (χ0) is 15.6. The summed E-state index contributed by atoms with van der Waals surface area (Å²) in [4.78, 5) is 27.6. The predicted octanol–water partition coefficient (Wildman–Crippen LogP) is -1.20. The molecule has 2 aliphatic heterocycles. The first kappa shape index (κ1) is 16.0. The first-order valence-corrected chi connectivity index (χ1v) is 9.08. The van der Waals surface area contributed by atoms with Gasteiger partial charge in [0.25, 0.3) is 0 Å². The van der Waals surface area contributed by atoms with Gasteiger partial charge in [0.15, 0.2) is 15.0 Å². The third kappa shape index (κ3) is 3.85. The summed E-state index contributed by atoms with van der Waals surface area (Å²) in [6.07, 6.45) is 1.03. The van der Waals surface area contributed by atoms with Crippen LogP contribution in [0.3, 0.4) is 0 Å². The van der Waals surface area contributed by atoms with Crippen molar-refractivity contribution >= 4 is 38.6 Å². The van der Waals surface area contributed by atoms with Gasteiger partial charge in [-0.25, -0.2) is 8.42 Å². The van der Waals surface area contributed by atoms with E-state index in [0.717, 1.165) is 0 Å². The molecule has 116 valence electrons. The van der Waals surface area contributed by atoms with Gasteiger partial charge in [-0.3, -0.25) is 4.79 Å². The lowest BCUT2D eigenvalue weighted by Crippen LogP contribution is -2.37. The number of aliphatic imine (C=N–C) groups is 1. The van der Waals surface area contributed by atoms with E-state index in [1.165, 1.54) is 11.8 Å². The maximum atomic E-state index is 11.7. The van der Waals surface area contributed by atoms with Crippen molar-refractivity contribution in [2.24, 2.45) is 4.99 Å². The van der Waals surface area contributed by atoms with Crippen LogP contribution in [0.2, 0.25) is 0 Å². The summed E-state index contributed by atoms with van der Waals surface area (Å²) in [7, 11) is -3.05. The molecule has 1 amide bonds. The molecule has 7 nitrogen and oxygen atoms in total. The summed E-state index contributed by atoms with van der Waals surface area (Å²) in [6, 6.07) is -0.203. The Labute approximate surface area is 127 Å². The van der Waals surface area contributed by atoms with Crippen LogP contribution < -0.4 is 5.11 Å². The van der Waals surface area contributed by atoms with Gasteiger partial charge in [-0.1, -0.05) is 17.8 Å². The third-order valence-electron chi connectivity index (χ3n) is 3.26. The fourth-order valence-corrected chi connectivity index (χ4v) is 6.34. The zero-order valence-electron chi connectivity index (χ0n) is 11.2. The molecule has 0 spiro atoms. The summed E-state index contributed by atoms with van der Waals surface area (Å²) in [6.45, 7) is 4.02. The van der Waals surface area contributed by atoms with E-state index in [0.29, 0.717) is 11.7 Å². The number of amidine groups is 1. The Morgan fingerprint density at radius 2 is 2.14 bits per heavy atom. The second-order valence-corrected chi connectivity index (χ2v) is 8.26. The van der Waals surface area contributed by atoms with Gasteiger partial charge in [-0.05, 0) is 6.42 Å². The van der Waals surface area contributed by atoms with Crippen molar-refractivity contribution in [1.82, 2.24) is 4.90 Å². The number of aliphatic carboxylic acids is 1. The molecule has 0 aromatic heterocycles. The van der Waals surface area contributed by atoms with Gasteiger partial charge in [0.2, 0.25) is 5.91 Å². The average Bonchev–Trinajstić information content (AvgIpc) is 2.81. The second-order valence-electron chi connectivity index (χ2n) is 4.90. The topological polar surface area (TPSA) is 107 Å². The molecule has 0 bridgehead atoms. The predicted molar refractivity (Wildman–Crippen MR) is 77.4 cm³/mol. The van der Waals surface area contributed by atoms with Gasteiger partial charge in [0.1, 0.15) is 0 Å². The molecule has 2 fully saturated rings. The highest BCUT2D eigenvalue weighted by molar-refractivity contribution is 8.15. The van der Waals surface area contributed by atoms with Crippen molar-refractivity contribution in [3.63, 3.8) is 0 Å². The zero-order valence-corrected chi connectivity index (χ0v) is 12.9. The normalized spacial score (nSPS) is 28.6. The maximum Gasteiger partial charge on any atom is 0.248 e. The van der Waals surface area contributed by atoms with Gasteiger partial charge in [-0.2, -0.15) is 4.99 Å². The number of carboxylic acids is 1. The molecule has 0 aromatic carbocycles. The number of sulfone groups is 1. The highest BCUT2D eigenvalue weighted by Crippen LogP contribution is 2.37. The van der Waals surface area contributed by atoms with E-state index in [1.807, 2.05) is 0 Å². The molecule has 21 heavy (non-hydrogen) atoms. The summed E-state index contributed by atoms with van der Waals surface area (Å²) < 4.78 is 23.3. The van der Waals surface area contributed by atoms with E-state index in [1.54, 1.807) is 11.0 Å². The van der Waals surface area contributed by atoms with Crippen molar-refractivity contribution in [2.75, 3.05) is 18.1 Å². The quantitative estimate of drug-likeness (QED) is 0.582. The van der Waals surface area contributed by atoms with E-state index in [9.17, 15) is 23.1 Å². The summed E-state index contributed by atoms with van der Waals surface area (Å²) >= 11 is 1.26. The number of fused-ring (bicyclic) bond motifs is 1. The fourth-order valence-electron chi connectivity index (χ4n) is 2.36. The average molecular weight is 331 g/mol. The molecule has 9 heteroatoms. The highest BCUT2D eigenvalue weighted by atomic mass is 32.2. The van der Waals surface area contributed by atoms with Crippen LogP contribution in [0.5, 0.6) is 0 Å². The Kier molecular flexibility index (Phi) is 4.72. The Balaban J connectivity index is 2.12. The molecule has 2 atom stereocenters. The number of carbonyl (C=O) groups is 2. The number of hydrogen-bond donors (Lipinski definition) is 0. The molecule has 2 heterocycles. The molecule has 2 aliphatic rings. The van der Waals surface area contributed by atoms with Crippen LogP contribution in [0.1, 0.15) is 12.8 Å². The van der Waals surface area contributed by atoms with E-state index in [2.05, 4.69) is 11.6 Å². The van der Waals surface area contributed by atoms with Gasteiger partial charge in [-0.15, -0.1) is 6.58 Å². The molecule has 0 N–H and O–H groups in total. The van der Waals surface area contributed by atoms with Crippen molar-refractivity contribution in [1.29, 1.82) is 0 Å². The van der Waals surface area contributed by atoms with Crippen molar-refractivity contribution in [3.8, 4) is 0 Å². The molecule has 0 saturated carbocycles. The van der Waals surface area contributed by atoms with Crippen molar-refractivity contribution in [2.45, 2.75) is 24.1 Å². The number of carbonyl (C=O) groups excluding carboxylic acids is 2. The number of thioether (sulfide) groups is 1. The Morgan fingerprint density at radius 1 is 1.43 bits per heavy atom. The minimum atomic E-state index is -3.05. The lowest BCUT2D eigenvalue weighted by atomic mass is 10.2. The fraction of sp³-hybridized carbons (Fsp3) is 0.583. The van der Waals surface area contributed by atoms with Crippen LogP contribution in [0, 0.1) is 0 Å². The standard InChI is InChI=1S/C12H16N2O5S2/c1-2-5-14-8-6-21(18,19)7-9(8)20-12(14)13-10(15)3-4-11(16)17/h2,8-9H,1,3-7H2,(H,16,17)/p-1/t8-,9-/m1/s1. The Morgan fingerprint density at radius 3 is 2.76 bits per heavy atom. The van der Waals surface area contributed by atoms with Crippen LogP contribution in [-0.2, 0) is 19.4 Å². The smallest absolute Gasteiger partial charge is 0.248 e. The van der Waals surface area contributed by atoms with E-state index >= 15 is 0 Å². The molecule has 0 unspecified atom stereocenters. The number of hydrogen-bond acceptors (Lipinski definition) is 6. The summed E-state index contributed by atoms with van der Waals surface area (Å²) in [5.41, 5.74) is 0. The Hall–Kier alpha value is -1.35. The third-order valence-corrected chi connectivity index (χ3v) is 6.51. The summed E-state index contributed by atoms with van der Waals surface area (Å²) in [5.74, 6) is -1.72. The van der Waals surface area contributed by atoms with Crippen LogP contribution in [-0.4, -0.2) is 59.7 Å². The van der Waals surface area contributed by atoms with Crippen molar-refractivity contribution < 1.29 is 23.1 Å². The van der Waals surface area contributed by atoms with Gasteiger partial charge < -0.3 is 14.8 Å². The number of carboxylic acid groups (broad SMARTS) is 1. The minimum absolute atomic E-state index is 0.0464. The van der Waals surface area contributed by atoms with Crippen LogP contribution in [0.25, 0.3) is 0 Å². The molecule has 0 radical (unpaired) electrons. The van der Waals surface area contributed by atoms with E-state index in [4.69, 9.17) is 0 Å². The van der Waals surface area contributed by atoms with E-state index < -0.39 is 21.7 Å². The lowest BCUT2D eigenvalue weighted by molar-refractivity contribution is -0.305. The largest absolute Gasteiger partial charge is 0.550 e. The first-order valence-electron chi connectivity index (χ1n) is 6.38. The van der Waals surface area contributed by atoms with Crippen LogP contribution in [0.4, 0.5) is 0 Å². The molecular formula is C12H15N2O5S2-. The van der Waals surface area contributed by atoms with Gasteiger partial charge in [0, 0.05) is 24.2 Å². The molecule has 0 aliphatic carbocycles. The number of rotatable bonds is 5. The van der Waals surface area contributed by atoms with Crippen LogP contribution in [0.15, 0.2) is 17.6 Å². The minimum Gasteiger partial charge on any atom is -0.550 e. The monoisotopic (exact) mass is 331 g/mol. The van der Waals surface area contributed by atoms with Crippen LogP contribution >= 0.6 is 11.8 Å². The molecule has 2 saturated heterocycles. The Bertz CT molecular complexity index is 599. The van der Waals surface area contributed by atoms with E-state index in [-0.39, 0.29) is 35.6 Å². The number of amides is 1. The van der Waals surface area contributed by atoms with Crippen molar-refractivity contribution in [3.05, 3.63) is 12.7 Å². The summed E-state index contributed by atoms with van der Waals surface area (Å²) in [5, 5.41) is 10.6. The SMILES string of the molecule is C=CCN1C(=NC(=O)CCC(=O)[O-])S[C@@H]2CS(=O)(=O)C[C@H]21. The van der Waals surface area contributed by atoms with Gasteiger partial charge in [0.05, 0.1) is 17.5 Å². The number of nitrogens with zero attached hydrogens (tertiary/aromatic N) is 2. The second kappa shape index (κ2) is 6.18.